The molecule has 8 nitrogen and oxygen atoms in total. The molecule has 0 spiro atoms. The average Bonchev–Trinajstić information content (AvgIpc) is 3.15. The number of hydrogen-bond donors (Lipinski definition) is 1. The van der Waals surface area contributed by atoms with Gasteiger partial charge in [-0.3, -0.25) is 0 Å². The van der Waals surface area contributed by atoms with Crippen LogP contribution in [0.5, 0.6) is 0 Å². The molecular weight excluding hydrogens is 400 g/mol. The van der Waals surface area contributed by atoms with Gasteiger partial charge in [0.05, 0.1) is 26.6 Å². The molecule has 0 aliphatic carbocycles. The number of nitrogens with two attached hydrogens (primary N) is 1. The van der Waals surface area contributed by atoms with Gasteiger partial charge in [0.2, 0.25) is 10.0 Å². The van der Waals surface area contributed by atoms with Crippen molar-refractivity contribution >= 4 is 38.4 Å². The highest BCUT2D eigenvalue weighted by Gasteiger charge is 2.19. The summed E-state index contributed by atoms with van der Waals surface area (Å²) in [5.41, 5.74) is 1.92. The van der Waals surface area contributed by atoms with Crippen LogP contribution in [0.25, 0.3) is 11.0 Å². The van der Waals surface area contributed by atoms with Crippen molar-refractivity contribution in [2.75, 3.05) is 0 Å². The molecule has 3 rings (SSSR count). The zero-order valence-electron chi connectivity index (χ0n) is 15.9. The highest BCUT2D eigenvalue weighted by Crippen LogP contribution is 2.23. The Bertz CT molecular complexity index is 1130. The Balaban J connectivity index is 1.92. The lowest BCUT2D eigenvalue weighted by molar-refractivity contribution is 0.0463. The number of carbonyl (C=O) groups is 1. The number of hydrogen-bond acceptors (Lipinski definition) is 7. The molecule has 0 unspecified atom stereocenters. The number of nitrogens with zero attached hydrogens (tertiary/aromatic N) is 3. The van der Waals surface area contributed by atoms with E-state index in [4.69, 9.17) is 9.88 Å². The summed E-state index contributed by atoms with van der Waals surface area (Å²) in [6.07, 6.45) is 1.89. The Hall–Kier alpha value is -2.30. The molecule has 2 N–H and O–H groups in total. The number of benzene rings is 1. The number of fused-ring (bicyclic) bond motifs is 1. The Morgan fingerprint density at radius 3 is 2.64 bits per heavy atom. The number of primary sulfonamides is 1. The Morgan fingerprint density at radius 2 is 2.04 bits per heavy atom. The lowest BCUT2D eigenvalue weighted by atomic mass is 10.3. The number of imidazole rings is 1. The summed E-state index contributed by atoms with van der Waals surface area (Å²) >= 11 is 1.29. The first-order valence-electron chi connectivity index (χ1n) is 8.83. The second-order valence-electron chi connectivity index (χ2n) is 6.45. The van der Waals surface area contributed by atoms with Crippen LogP contribution in [0.15, 0.2) is 23.1 Å². The first kappa shape index (κ1) is 20.4. The summed E-state index contributed by atoms with van der Waals surface area (Å²) in [5, 5.41) is 6.02. The molecule has 0 amide bonds. The van der Waals surface area contributed by atoms with E-state index in [0.29, 0.717) is 28.5 Å². The largest absolute Gasteiger partial charge is 0.453 e. The van der Waals surface area contributed by atoms with Crippen molar-refractivity contribution in [3.05, 3.63) is 39.6 Å². The summed E-state index contributed by atoms with van der Waals surface area (Å²) in [4.78, 5) is 21.6. The number of unbranched alkanes of at least 4 members (excludes halogenated alkanes) is 1. The Morgan fingerprint density at radius 1 is 1.29 bits per heavy atom. The van der Waals surface area contributed by atoms with Gasteiger partial charge in [-0.1, -0.05) is 13.3 Å². The Kier molecular flexibility index (Phi) is 5.82. The van der Waals surface area contributed by atoms with Crippen LogP contribution < -0.4 is 5.14 Å². The summed E-state index contributed by atoms with van der Waals surface area (Å²) < 4.78 is 30.6. The highest BCUT2D eigenvalue weighted by atomic mass is 32.2. The van der Waals surface area contributed by atoms with Crippen LogP contribution in [0.1, 0.15) is 46.0 Å². The molecule has 0 fully saturated rings. The summed E-state index contributed by atoms with van der Waals surface area (Å²) in [5.74, 6) is 0.115. The van der Waals surface area contributed by atoms with Crippen LogP contribution in [0.4, 0.5) is 0 Å². The number of thiazole rings is 1. The standard InChI is InChI=1S/C18H22N4O4S2/c1-4-5-8-22-15-7-6-13(28(19,24)25)9-14(15)21-16(22)10-26-18(23)17-11(2)20-12(3)27-17/h6-7,9H,4-5,8,10H2,1-3H3,(H2,19,24,25). The van der Waals surface area contributed by atoms with Crippen molar-refractivity contribution in [3.8, 4) is 0 Å². The molecule has 150 valence electrons. The number of aryl methyl sites for hydroxylation is 3. The third-order valence-corrected chi connectivity index (χ3v) is 6.25. The predicted molar refractivity (Wildman–Crippen MR) is 107 cm³/mol. The van der Waals surface area contributed by atoms with E-state index in [1.54, 1.807) is 13.0 Å². The maximum atomic E-state index is 12.4. The maximum absolute atomic E-state index is 12.4. The number of aromatic nitrogens is 3. The lowest BCUT2D eigenvalue weighted by Gasteiger charge is -2.09. The van der Waals surface area contributed by atoms with Gasteiger partial charge in [0.1, 0.15) is 17.3 Å². The van der Waals surface area contributed by atoms with Crippen molar-refractivity contribution in [3.63, 3.8) is 0 Å². The van der Waals surface area contributed by atoms with Crippen molar-refractivity contribution in [2.24, 2.45) is 5.14 Å². The van der Waals surface area contributed by atoms with E-state index in [1.165, 1.54) is 23.5 Å². The number of esters is 1. The molecular formula is C18H22N4O4S2. The van der Waals surface area contributed by atoms with E-state index < -0.39 is 16.0 Å². The van der Waals surface area contributed by atoms with Crippen molar-refractivity contribution < 1.29 is 17.9 Å². The molecule has 3 aromatic rings. The van der Waals surface area contributed by atoms with Gasteiger partial charge >= 0.3 is 5.97 Å². The minimum atomic E-state index is -3.82. The first-order valence-corrected chi connectivity index (χ1v) is 11.2. The third kappa shape index (κ3) is 4.23. The normalized spacial score (nSPS) is 11.9. The molecule has 1 aromatic carbocycles. The summed E-state index contributed by atoms with van der Waals surface area (Å²) in [7, 11) is -3.82. The highest BCUT2D eigenvalue weighted by molar-refractivity contribution is 7.89. The van der Waals surface area contributed by atoms with Crippen LogP contribution in [0, 0.1) is 13.8 Å². The maximum Gasteiger partial charge on any atom is 0.350 e. The third-order valence-electron chi connectivity index (χ3n) is 4.28. The van der Waals surface area contributed by atoms with E-state index >= 15 is 0 Å². The van der Waals surface area contributed by atoms with Crippen molar-refractivity contribution in [1.29, 1.82) is 0 Å². The monoisotopic (exact) mass is 422 g/mol. The SMILES string of the molecule is CCCCn1c(COC(=O)c2sc(C)nc2C)nc2cc(S(N)(=O)=O)ccc21. The van der Waals surface area contributed by atoms with Gasteiger partial charge in [0, 0.05) is 6.54 Å². The van der Waals surface area contributed by atoms with E-state index in [-0.39, 0.29) is 11.5 Å². The molecule has 0 saturated carbocycles. The molecule has 0 saturated heterocycles. The second-order valence-corrected chi connectivity index (χ2v) is 9.22. The zero-order valence-corrected chi connectivity index (χ0v) is 17.6. The molecule has 10 heteroatoms. The van der Waals surface area contributed by atoms with Crippen molar-refractivity contribution in [1.82, 2.24) is 14.5 Å². The lowest BCUT2D eigenvalue weighted by Crippen LogP contribution is -2.12. The van der Waals surface area contributed by atoms with E-state index in [0.717, 1.165) is 23.4 Å². The van der Waals surface area contributed by atoms with Gasteiger partial charge in [-0.2, -0.15) is 0 Å². The fourth-order valence-corrected chi connectivity index (χ4v) is 4.28. The number of carbonyl (C=O) groups excluding carboxylic acids is 1. The number of rotatable bonds is 7. The quantitative estimate of drug-likeness (QED) is 0.585. The molecule has 28 heavy (non-hydrogen) atoms. The van der Waals surface area contributed by atoms with Gasteiger partial charge in [-0.05, 0) is 38.5 Å². The Labute approximate surface area is 167 Å². The van der Waals surface area contributed by atoms with Crippen LogP contribution >= 0.6 is 11.3 Å². The van der Waals surface area contributed by atoms with Gasteiger partial charge in [-0.15, -0.1) is 11.3 Å². The minimum absolute atomic E-state index is 0.000513. The molecule has 2 aromatic heterocycles. The van der Waals surface area contributed by atoms with Gasteiger partial charge in [0.15, 0.2) is 0 Å². The molecule has 0 radical (unpaired) electrons. The smallest absolute Gasteiger partial charge is 0.350 e. The molecule has 0 aliphatic heterocycles. The molecule has 0 aliphatic rings. The second kappa shape index (κ2) is 7.98. The minimum Gasteiger partial charge on any atom is -0.453 e. The fraction of sp³-hybridized carbons (Fsp3) is 0.389. The average molecular weight is 423 g/mol. The van der Waals surface area contributed by atoms with E-state index in [2.05, 4.69) is 16.9 Å². The van der Waals surface area contributed by atoms with Gasteiger partial charge < -0.3 is 9.30 Å². The topological polar surface area (TPSA) is 117 Å². The van der Waals surface area contributed by atoms with Crippen molar-refractivity contribution in [2.45, 2.75) is 51.7 Å². The summed E-state index contributed by atoms with van der Waals surface area (Å²) in [6, 6.07) is 4.58. The van der Waals surface area contributed by atoms with E-state index in [9.17, 15) is 13.2 Å². The van der Waals surface area contributed by atoms with Gasteiger partial charge in [-0.25, -0.2) is 28.3 Å². The molecule has 0 bridgehead atoms. The first-order chi connectivity index (χ1) is 13.2. The van der Waals surface area contributed by atoms with Crippen LogP contribution in [0.3, 0.4) is 0 Å². The number of sulfonamides is 1. The summed E-state index contributed by atoms with van der Waals surface area (Å²) in [6.45, 7) is 6.35. The van der Waals surface area contributed by atoms with Crippen LogP contribution in [0.2, 0.25) is 0 Å². The number of ether oxygens (including phenoxy) is 1. The fourth-order valence-electron chi connectivity index (χ4n) is 2.93. The predicted octanol–water partition coefficient (Wildman–Crippen LogP) is 2.91. The van der Waals surface area contributed by atoms with Crippen LogP contribution in [-0.2, 0) is 27.9 Å². The molecule has 2 heterocycles. The van der Waals surface area contributed by atoms with Gasteiger partial charge in [0.25, 0.3) is 0 Å². The molecule has 0 atom stereocenters. The van der Waals surface area contributed by atoms with E-state index in [1.807, 2.05) is 11.5 Å². The van der Waals surface area contributed by atoms with Crippen LogP contribution in [-0.4, -0.2) is 28.9 Å². The zero-order chi connectivity index (χ0) is 20.5.